The normalized spacial score (nSPS) is 16.0. The van der Waals surface area contributed by atoms with Crippen LogP contribution in [0.5, 0.6) is 23.0 Å². The lowest BCUT2D eigenvalue weighted by Gasteiger charge is -2.43. The number of aryl methyl sites for hydroxylation is 3. The number of aromatic nitrogens is 4. The van der Waals surface area contributed by atoms with Crippen LogP contribution in [0.3, 0.4) is 0 Å². The summed E-state index contributed by atoms with van der Waals surface area (Å²) in [7, 11) is 1.94. The molecule has 2 aliphatic heterocycles. The molecule has 76 heavy (non-hydrogen) atoms. The van der Waals surface area contributed by atoms with E-state index in [1.54, 1.807) is 94.9 Å². The molecule has 4 aromatic heterocycles. The minimum Gasteiger partial charge on any atom is -0.497 e. The van der Waals surface area contributed by atoms with Crippen molar-refractivity contribution in [1.82, 2.24) is 18.1 Å². The summed E-state index contributed by atoms with van der Waals surface area (Å²) in [4.78, 5) is 82.7. The molecule has 400 valence electrons. The van der Waals surface area contributed by atoms with E-state index in [4.69, 9.17) is 18.9 Å². The van der Waals surface area contributed by atoms with E-state index < -0.39 is 69.5 Å². The van der Waals surface area contributed by atoms with Gasteiger partial charge in [-0.2, -0.15) is 0 Å². The number of carboxylic acid groups (broad SMARTS) is 2. The number of hydrogen-bond donors (Lipinski definition) is 3. The first kappa shape index (κ1) is 53.9. The number of aliphatic carboxylic acids is 2. The number of ether oxygens (including phenoxy) is 4. The zero-order valence-corrected chi connectivity index (χ0v) is 44.9. The maximum Gasteiger partial charge on any atom is 0.327 e. The van der Waals surface area contributed by atoms with Crippen molar-refractivity contribution >= 4 is 67.0 Å². The number of carbonyl (C=O) groups is 4. The third-order valence-corrected chi connectivity index (χ3v) is 15.1. The van der Waals surface area contributed by atoms with Gasteiger partial charge in [0.25, 0.3) is 33.0 Å². The van der Waals surface area contributed by atoms with Crippen LogP contribution in [-0.2, 0) is 43.3 Å². The maximum atomic E-state index is 13.9. The minimum atomic E-state index is -4.15. The Morgan fingerprint density at radius 3 is 1.78 bits per heavy atom. The molecule has 21 heteroatoms. The number of H-pyrrole nitrogens is 1. The van der Waals surface area contributed by atoms with Gasteiger partial charge in [0.15, 0.2) is 23.7 Å². The van der Waals surface area contributed by atoms with Gasteiger partial charge in [-0.25, -0.2) is 17.2 Å². The molecule has 0 radical (unpaired) electrons. The molecular weight excluding hydrogens is 1000 g/mol. The topological polar surface area (TPSA) is 251 Å². The van der Waals surface area contributed by atoms with E-state index >= 15 is 0 Å². The van der Waals surface area contributed by atoms with E-state index in [9.17, 15) is 47.4 Å². The second-order valence-corrected chi connectivity index (χ2v) is 22.4. The van der Waals surface area contributed by atoms with Crippen LogP contribution in [0.4, 0.5) is 11.4 Å². The van der Waals surface area contributed by atoms with E-state index in [1.807, 2.05) is 34.6 Å². The summed E-state index contributed by atoms with van der Waals surface area (Å²) in [5, 5.41) is 20.8. The number of amides is 2. The number of hydrogen-bond acceptors (Lipinski definition) is 12. The molecular formula is C55H60N6O14S. The molecule has 20 nitrogen and oxygen atoms in total. The van der Waals surface area contributed by atoms with Gasteiger partial charge in [-0.3, -0.25) is 33.8 Å². The molecule has 7 aromatic rings. The quantitative estimate of drug-likeness (QED) is 0.110. The van der Waals surface area contributed by atoms with Crippen molar-refractivity contribution in [2.75, 3.05) is 30.6 Å². The van der Waals surface area contributed by atoms with Crippen LogP contribution < -0.4 is 39.9 Å². The molecule has 0 aliphatic carbocycles. The molecule has 0 spiro atoms. The van der Waals surface area contributed by atoms with Crippen molar-refractivity contribution in [2.24, 2.45) is 31.3 Å². The van der Waals surface area contributed by atoms with Gasteiger partial charge in [-0.05, 0) is 60.6 Å². The number of carbonyl (C=O) groups excluding carboxylic acids is 2. The maximum absolute atomic E-state index is 13.9. The van der Waals surface area contributed by atoms with Crippen LogP contribution in [0, 0.1) is 24.2 Å². The second kappa shape index (κ2) is 20.1. The summed E-state index contributed by atoms with van der Waals surface area (Å²) in [6.45, 7) is 13.9. The van der Waals surface area contributed by atoms with Crippen molar-refractivity contribution in [2.45, 2.75) is 78.5 Å². The predicted molar refractivity (Wildman–Crippen MR) is 285 cm³/mol. The first-order valence-corrected chi connectivity index (χ1v) is 25.7. The standard InChI is InChI=1S/C33H37N3O8S.C22H23N3O6/c1-18(2)27-31(38)36(29(32(39)40)33(4,5)6)25-16-20(43-8)15-23(28(25)44-27)24-17-34(7)30(37)26-22(24)13-14-35(26)45(41,42)21-11-9-19(3)10-12-21;1-11(2)19-22(29)25(10-17(26)27)16-8-12(30-4)7-14(20(16)31-19)15-9-24(3)21(28)18-13(15)5-6-23-18/h9-18,27,29H,1-8H3,(H,39,40);5-9,11,19,23H,10H2,1-4H3,(H,26,27). The van der Waals surface area contributed by atoms with Crippen molar-refractivity contribution < 1.29 is 56.8 Å². The zero-order chi connectivity index (χ0) is 55.6. The molecule has 2 aliphatic rings. The van der Waals surface area contributed by atoms with Crippen LogP contribution in [-0.4, -0.2) is 99.5 Å². The molecule has 6 heterocycles. The number of nitrogens with one attached hydrogen (secondary N) is 1. The third kappa shape index (κ3) is 9.43. The lowest BCUT2D eigenvalue weighted by atomic mass is 9.84. The van der Waals surface area contributed by atoms with Gasteiger partial charge < -0.3 is 43.3 Å². The van der Waals surface area contributed by atoms with E-state index in [-0.39, 0.29) is 39.2 Å². The van der Waals surface area contributed by atoms with Gasteiger partial charge in [0, 0.05) is 84.0 Å². The lowest BCUT2D eigenvalue weighted by Crippen LogP contribution is -2.59. The third-order valence-electron chi connectivity index (χ3n) is 13.4. The Morgan fingerprint density at radius 2 is 1.25 bits per heavy atom. The van der Waals surface area contributed by atoms with Crippen LogP contribution in [0.2, 0.25) is 0 Å². The Bertz CT molecular complexity index is 3730. The van der Waals surface area contributed by atoms with Crippen molar-refractivity contribution in [3.05, 3.63) is 112 Å². The van der Waals surface area contributed by atoms with E-state index in [1.165, 1.54) is 58.5 Å². The average molecular weight is 1060 g/mol. The number of rotatable bonds is 12. The molecule has 3 aromatic carbocycles. The molecule has 2 amide bonds. The van der Waals surface area contributed by atoms with Gasteiger partial charge in [0.05, 0.1) is 30.5 Å². The van der Waals surface area contributed by atoms with Crippen molar-refractivity contribution in [1.29, 1.82) is 0 Å². The largest absolute Gasteiger partial charge is 0.497 e. The summed E-state index contributed by atoms with van der Waals surface area (Å²) in [6, 6.07) is 15.0. The molecule has 9 rings (SSSR count). The molecule has 3 N–H and O–H groups in total. The summed E-state index contributed by atoms with van der Waals surface area (Å²) in [5.41, 5.74) is 2.30. The average Bonchev–Trinajstić information content (AvgIpc) is 4.06. The van der Waals surface area contributed by atoms with Crippen molar-refractivity contribution in [3.8, 4) is 45.3 Å². The number of aromatic amines is 1. The Balaban J connectivity index is 0.000000215. The highest BCUT2D eigenvalue weighted by Gasteiger charge is 2.48. The molecule has 0 bridgehead atoms. The first-order valence-electron chi connectivity index (χ1n) is 24.3. The Kier molecular flexibility index (Phi) is 14.3. The fourth-order valence-electron chi connectivity index (χ4n) is 9.65. The SMILES string of the molecule is COc1cc(-c2cn(C)c(=O)c3[nH]ccc23)c2c(c1)N(CC(=O)O)C(=O)C(C(C)C)O2.COc1cc(-c2cn(C)c(=O)c3c2ccn3S(=O)(=O)c2ccc(C)cc2)c2c(c1)N(C(C(=O)O)C(C)(C)C)C(=O)C(C(C)C)O2. The fraction of sp³-hybridized carbons (Fsp3) is 0.345. The second-order valence-electron chi connectivity index (χ2n) is 20.6. The number of nitrogens with zero attached hydrogens (tertiary/aromatic N) is 5. The fourth-order valence-corrected chi connectivity index (χ4v) is 11.0. The number of anilines is 2. The van der Waals surface area contributed by atoms with E-state index in [0.29, 0.717) is 61.5 Å². The van der Waals surface area contributed by atoms with Crippen LogP contribution in [0.25, 0.3) is 44.1 Å². The molecule has 0 saturated carbocycles. The summed E-state index contributed by atoms with van der Waals surface area (Å²) in [5.74, 6) is -2.41. The number of pyridine rings is 2. The first-order chi connectivity index (χ1) is 35.7. The zero-order valence-electron chi connectivity index (χ0n) is 44.1. The highest BCUT2D eigenvalue weighted by molar-refractivity contribution is 7.90. The predicted octanol–water partition coefficient (Wildman–Crippen LogP) is 7.19. The van der Waals surface area contributed by atoms with Gasteiger partial charge in [0.2, 0.25) is 0 Å². The van der Waals surface area contributed by atoms with Gasteiger partial charge in [0.1, 0.15) is 35.1 Å². The van der Waals surface area contributed by atoms with Gasteiger partial charge in [-0.15, -0.1) is 0 Å². The number of carboxylic acids is 2. The molecule has 3 atom stereocenters. The number of methoxy groups -OCH3 is 2. The van der Waals surface area contributed by atoms with Gasteiger partial charge >= 0.3 is 11.9 Å². The lowest BCUT2D eigenvalue weighted by molar-refractivity contribution is -0.144. The monoisotopic (exact) mass is 1060 g/mol. The Hall–Kier alpha value is -8.33. The summed E-state index contributed by atoms with van der Waals surface area (Å²) < 4.78 is 54.8. The summed E-state index contributed by atoms with van der Waals surface area (Å²) >= 11 is 0. The molecule has 0 fully saturated rings. The van der Waals surface area contributed by atoms with E-state index in [0.717, 1.165) is 9.54 Å². The van der Waals surface area contributed by atoms with E-state index in [2.05, 4.69) is 4.98 Å². The highest BCUT2D eigenvalue weighted by Crippen LogP contribution is 2.50. The number of fused-ring (bicyclic) bond motifs is 4. The van der Waals surface area contributed by atoms with Crippen molar-refractivity contribution in [3.63, 3.8) is 0 Å². The number of benzene rings is 3. The molecule has 0 saturated heterocycles. The van der Waals surface area contributed by atoms with Gasteiger partial charge in [-0.1, -0.05) is 66.2 Å². The van der Waals surface area contributed by atoms with Crippen LogP contribution >= 0.6 is 0 Å². The highest BCUT2D eigenvalue weighted by atomic mass is 32.2. The Labute approximate surface area is 437 Å². The van der Waals surface area contributed by atoms with Crippen LogP contribution in [0.15, 0.2) is 99.9 Å². The minimum absolute atomic E-state index is 0.0240. The Morgan fingerprint density at radius 1 is 0.724 bits per heavy atom. The smallest absolute Gasteiger partial charge is 0.327 e. The molecule has 3 unspecified atom stereocenters. The summed E-state index contributed by atoms with van der Waals surface area (Å²) in [6.07, 6.45) is 4.43. The van der Waals surface area contributed by atoms with Crippen LogP contribution in [0.1, 0.15) is 54.0 Å².